The van der Waals surface area contributed by atoms with Crippen molar-refractivity contribution < 1.29 is 23.8 Å². The number of hydrogen-bond acceptors (Lipinski definition) is 6. The normalized spacial score (nSPS) is 22.2. The maximum atomic E-state index is 13.0. The quantitative estimate of drug-likeness (QED) is 0.678. The summed E-state index contributed by atoms with van der Waals surface area (Å²) < 4.78 is 16.3. The topological polar surface area (TPSA) is 80.3 Å². The number of carbonyl (C=O) groups excluding carboxylic acids is 2. The molecule has 8 nitrogen and oxygen atoms in total. The Hall–Kier alpha value is -2.32. The molecule has 0 spiro atoms. The second-order valence-corrected chi connectivity index (χ2v) is 8.48. The molecular formula is C23H33N3O5. The first-order chi connectivity index (χ1) is 15.1. The van der Waals surface area contributed by atoms with Crippen molar-refractivity contribution in [2.75, 3.05) is 51.1 Å². The molecule has 1 aromatic rings. The number of fused-ring (bicyclic) bond motifs is 1. The smallest absolute Gasteiger partial charge is 0.231 e. The van der Waals surface area contributed by atoms with Gasteiger partial charge in [-0.3, -0.25) is 14.5 Å². The van der Waals surface area contributed by atoms with E-state index in [-0.39, 0.29) is 30.9 Å². The third-order valence-electron chi connectivity index (χ3n) is 6.76. The molecule has 3 aliphatic heterocycles. The minimum absolute atomic E-state index is 0.0382. The number of ether oxygens (including phenoxy) is 3. The van der Waals surface area contributed by atoms with E-state index in [0.717, 1.165) is 44.8 Å². The molecule has 2 saturated heterocycles. The first-order valence-electron chi connectivity index (χ1n) is 11.4. The number of anilines is 1. The Bertz CT molecular complexity index is 791. The van der Waals surface area contributed by atoms with Gasteiger partial charge in [0.15, 0.2) is 11.5 Å². The number of carbonyl (C=O) groups is 2. The van der Waals surface area contributed by atoms with Crippen LogP contribution in [0.1, 0.15) is 33.1 Å². The van der Waals surface area contributed by atoms with Crippen LogP contribution < -0.4 is 19.7 Å². The van der Waals surface area contributed by atoms with E-state index >= 15 is 0 Å². The van der Waals surface area contributed by atoms with Gasteiger partial charge in [0.25, 0.3) is 0 Å². The number of morpholine rings is 1. The number of nitrogens with zero attached hydrogens (tertiary/aromatic N) is 2. The zero-order valence-electron chi connectivity index (χ0n) is 18.5. The summed E-state index contributed by atoms with van der Waals surface area (Å²) in [5.41, 5.74) is 0.743. The molecule has 1 N–H and O–H groups in total. The van der Waals surface area contributed by atoms with Gasteiger partial charge in [-0.05, 0) is 18.1 Å². The van der Waals surface area contributed by atoms with Crippen molar-refractivity contribution in [1.29, 1.82) is 0 Å². The van der Waals surface area contributed by atoms with Crippen LogP contribution in [0, 0.1) is 11.8 Å². The molecule has 2 atom stereocenters. The maximum absolute atomic E-state index is 13.0. The van der Waals surface area contributed by atoms with Crippen LogP contribution in [0.5, 0.6) is 11.5 Å². The molecule has 2 fully saturated rings. The Labute approximate surface area is 183 Å². The molecule has 0 bridgehead atoms. The van der Waals surface area contributed by atoms with Crippen molar-refractivity contribution in [3.05, 3.63) is 18.2 Å². The molecule has 1 aromatic carbocycles. The van der Waals surface area contributed by atoms with Crippen LogP contribution >= 0.6 is 0 Å². The van der Waals surface area contributed by atoms with Gasteiger partial charge in [0.05, 0.1) is 19.1 Å². The van der Waals surface area contributed by atoms with Crippen LogP contribution in [-0.4, -0.2) is 68.9 Å². The molecule has 3 heterocycles. The van der Waals surface area contributed by atoms with Crippen molar-refractivity contribution in [3.63, 3.8) is 0 Å². The Morgan fingerprint density at radius 2 is 1.90 bits per heavy atom. The lowest BCUT2D eigenvalue weighted by molar-refractivity contribution is -0.126. The van der Waals surface area contributed by atoms with E-state index in [1.54, 1.807) is 11.0 Å². The van der Waals surface area contributed by atoms with Crippen LogP contribution in [-0.2, 0) is 14.3 Å². The minimum Gasteiger partial charge on any atom is -0.454 e. The Balaban J connectivity index is 1.37. The van der Waals surface area contributed by atoms with Gasteiger partial charge in [-0.25, -0.2) is 0 Å². The second-order valence-electron chi connectivity index (χ2n) is 8.48. The summed E-state index contributed by atoms with van der Waals surface area (Å²) >= 11 is 0. The van der Waals surface area contributed by atoms with Crippen LogP contribution in [0.25, 0.3) is 0 Å². The van der Waals surface area contributed by atoms with Crippen molar-refractivity contribution >= 4 is 17.5 Å². The second kappa shape index (κ2) is 9.87. The largest absolute Gasteiger partial charge is 0.454 e. The highest BCUT2D eigenvalue weighted by atomic mass is 16.7. The van der Waals surface area contributed by atoms with E-state index < -0.39 is 0 Å². The van der Waals surface area contributed by atoms with E-state index in [0.29, 0.717) is 36.5 Å². The first-order valence-corrected chi connectivity index (χ1v) is 11.4. The monoisotopic (exact) mass is 431 g/mol. The summed E-state index contributed by atoms with van der Waals surface area (Å²) in [5, 5.41) is 3.16. The summed E-state index contributed by atoms with van der Waals surface area (Å²) in [6.45, 7) is 8.90. The predicted molar refractivity (Wildman–Crippen MR) is 116 cm³/mol. The highest BCUT2D eigenvalue weighted by Crippen LogP contribution is 2.37. The fourth-order valence-corrected chi connectivity index (χ4v) is 4.87. The zero-order chi connectivity index (χ0) is 21.8. The molecule has 2 unspecified atom stereocenters. The van der Waals surface area contributed by atoms with E-state index in [4.69, 9.17) is 14.2 Å². The number of nitrogens with one attached hydrogen (secondary N) is 1. The molecule has 0 aromatic heterocycles. The van der Waals surface area contributed by atoms with Gasteiger partial charge in [0.2, 0.25) is 18.6 Å². The highest BCUT2D eigenvalue weighted by molar-refractivity contribution is 6.00. The van der Waals surface area contributed by atoms with E-state index in [1.165, 1.54) is 0 Å². The fourth-order valence-electron chi connectivity index (χ4n) is 4.87. The van der Waals surface area contributed by atoms with Crippen LogP contribution in [0.15, 0.2) is 18.2 Å². The lowest BCUT2D eigenvalue weighted by atomic mass is 9.92. The van der Waals surface area contributed by atoms with Gasteiger partial charge in [0.1, 0.15) is 0 Å². The van der Waals surface area contributed by atoms with Gasteiger partial charge < -0.3 is 24.4 Å². The summed E-state index contributed by atoms with van der Waals surface area (Å²) in [6, 6.07) is 5.75. The Morgan fingerprint density at radius 3 is 2.65 bits per heavy atom. The van der Waals surface area contributed by atoms with Gasteiger partial charge in [-0.2, -0.15) is 0 Å². The molecule has 31 heavy (non-hydrogen) atoms. The Kier molecular flexibility index (Phi) is 6.97. The molecule has 4 rings (SSSR count). The van der Waals surface area contributed by atoms with E-state index in [1.807, 2.05) is 12.1 Å². The molecule has 0 aliphatic carbocycles. The third kappa shape index (κ3) is 4.80. The molecule has 170 valence electrons. The average Bonchev–Trinajstić information content (AvgIpc) is 3.43. The van der Waals surface area contributed by atoms with Gasteiger partial charge in [-0.15, -0.1) is 0 Å². The average molecular weight is 432 g/mol. The fraction of sp³-hybridized carbons (Fsp3) is 0.652. The van der Waals surface area contributed by atoms with E-state index in [9.17, 15) is 9.59 Å². The molecule has 0 saturated carbocycles. The van der Waals surface area contributed by atoms with E-state index in [2.05, 4.69) is 24.1 Å². The summed E-state index contributed by atoms with van der Waals surface area (Å²) in [4.78, 5) is 29.7. The lowest BCUT2D eigenvalue weighted by Gasteiger charge is -2.39. The lowest BCUT2D eigenvalue weighted by Crippen LogP contribution is -2.52. The highest BCUT2D eigenvalue weighted by Gasteiger charge is 2.36. The summed E-state index contributed by atoms with van der Waals surface area (Å²) in [5.74, 6) is 1.42. The number of hydrogen-bond donors (Lipinski definition) is 1. The van der Waals surface area contributed by atoms with Crippen molar-refractivity contribution in [2.24, 2.45) is 11.8 Å². The Morgan fingerprint density at radius 1 is 1.16 bits per heavy atom. The van der Waals surface area contributed by atoms with Gasteiger partial charge in [-0.1, -0.05) is 26.7 Å². The van der Waals surface area contributed by atoms with Crippen molar-refractivity contribution in [3.8, 4) is 11.5 Å². The van der Waals surface area contributed by atoms with Gasteiger partial charge in [0, 0.05) is 50.4 Å². The maximum Gasteiger partial charge on any atom is 0.231 e. The number of rotatable bonds is 8. The molecule has 3 aliphatic rings. The molecular weight excluding hydrogens is 398 g/mol. The number of amides is 2. The standard InChI is InChI=1S/C23H33N3O5/c1-3-16(4-2)19(25-7-9-29-10-8-25)13-24-23(28)17-11-22(27)26(14-17)18-5-6-20-21(12-18)31-15-30-20/h5-6,12,16-17,19H,3-4,7-11,13-15H2,1-2H3,(H,24,28). The van der Waals surface area contributed by atoms with Crippen molar-refractivity contribution in [2.45, 2.75) is 39.2 Å². The third-order valence-corrected chi connectivity index (χ3v) is 6.76. The first kappa shape index (κ1) is 21.9. The molecule has 2 amide bonds. The number of benzene rings is 1. The SMILES string of the molecule is CCC(CC)C(CNC(=O)C1CC(=O)N(c2ccc3c(c2)OCO3)C1)N1CCOCC1. The van der Waals surface area contributed by atoms with Crippen LogP contribution in [0.3, 0.4) is 0 Å². The zero-order valence-corrected chi connectivity index (χ0v) is 18.5. The predicted octanol–water partition coefficient (Wildman–Crippen LogP) is 2.02. The minimum atomic E-state index is -0.343. The molecule has 0 radical (unpaired) electrons. The summed E-state index contributed by atoms with van der Waals surface area (Å²) in [6.07, 6.45) is 2.38. The van der Waals surface area contributed by atoms with Crippen LogP contribution in [0.2, 0.25) is 0 Å². The summed E-state index contributed by atoms with van der Waals surface area (Å²) in [7, 11) is 0. The van der Waals surface area contributed by atoms with Crippen LogP contribution in [0.4, 0.5) is 5.69 Å². The molecule has 8 heteroatoms. The van der Waals surface area contributed by atoms with Gasteiger partial charge >= 0.3 is 0 Å². The van der Waals surface area contributed by atoms with Crippen molar-refractivity contribution in [1.82, 2.24) is 10.2 Å².